The van der Waals surface area contributed by atoms with Gasteiger partial charge in [0.15, 0.2) is 11.5 Å². The van der Waals surface area contributed by atoms with Crippen LogP contribution in [-0.4, -0.2) is 12.1 Å². The van der Waals surface area contributed by atoms with Crippen LogP contribution in [0.1, 0.15) is 45.2 Å². The van der Waals surface area contributed by atoms with Gasteiger partial charge in [0.1, 0.15) is 6.61 Å². The summed E-state index contributed by atoms with van der Waals surface area (Å²) in [4.78, 5) is 0. The minimum atomic E-state index is 0.103. The van der Waals surface area contributed by atoms with Gasteiger partial charge in [-0.25, -0.2) is 0 Å². The summed E-state index contributed by atoms with van der Waals surface area (Å²) in [6.07, 6.45) is 1.06. The van der Waals surface area contributed by atoms with E-state index in [1.807, 2.05) is 25.1 Å². The summed E-state index contributed by atoms with van der Waals surface area (Å²) in [5, 5.41) is 4.77. The van der Waals surface area contributed by atoms with E-state index >= 15 is 0 Å². The van der Waals surface area contributed by atoms with Crippen molar-refractivity contribution >= 4 is 23.2 Å². The van der Waals surface area contributed by atoms with Crippen molar-refractivity contribution in [2.75, 3.05) is 6.61 Å². The average molecular weight is 396 g/mol. The molecule has 0 amide bonds. The Morgan fingerprint density at radius 2 is 1.73 bits per heavy atom. The molecule has 0 saturated heterocycles. The van der Waals surface area contributed by atoms with Gasteiger partial charge in [0.05, 0.1) is 6.61 Å². The zero-order chi connectivity index (χ0) is 19.2. The monoisotopic (exact) mass is 395 g/mol. The Labute approximate surface area is 166 Å². The van der Waals surface area contributed by atoms with E-state index in [9.17, 15) is 0 Å². The highest BCUT2D eigenvalue weighted by molar-refractivity contribution is 6.35. The lowest BCUT2D eigenvalue weighted by Crippen LogP contribution is -2.37. The number of halogens is 2. The SMILES string of the molecule is CCOc1cc(CNC(C)(C)CC)ccc1OCc1ccc(Cl)cc1Cl. The molecule has 3 nitrogen and oxygen atoms in total. The summed E-state index contributed by atoms with van der Waals surface area (Å²) in [6.45, 7) is 10.3. The van der Waals surface area contributed by atoms with Crippen molar-refractivity contribution in [3.05, 3.63) is 57.6 Å². The van der Waals surface area contributed by atoms with Gasteiger partial charge < -0.3 is 14.8 Å². The third-order valence-electron chi connectivity index (χ3n) is 4.36. The van der Waals surface area contributed by atoms with Crippen LogP contribution in [0.2, 0.25) is 10.0 Å². The van der Waals surface area contributed by atoms with E-state index in [0.29, 0.717) is 29.0 Å². The zero-order valence-electron chi connectivity index (χ0n) is 15.9. The Morgan fingerprint density at radius 1 is 0.962 bits per heavy atom. The molecule has 0 bridgehead atoms. The van der Waals surface area contributed by atoms with Crippen LogP contribution in [0.25, 0.3) is 0 Å². The summed E-state index contributed by atoms with van der Waals surface area (Å²) in [5.41, 5.74) is 2.15. The first-order valence-corrected chi connectivity index (χ1v) is 9.67. The van der Waals surface area contributed by atoms with Gasteiger partial charge in [0.2, 0.25) is 0 Å². The summed E-state index contributed by atoms with van der Waals surface area (Å²) in [5.74, 6) is 1.45. The van der Waals surface area contributed by atoms with Gasteiger partial charge in [-0.2, -0.15) is 0 Å². The van der Waals surface area contributed by atoms with Gasteiger partial charge in [-0.1, -0.05) is 42.3 Å². The number of benzene rings is 2. The number of hydrogen-bond donors (Lipinski definition) is 1. The quantitative estimate of drug-likeness (QED) is 0.544. The van der Waals surface area contributed by atoms with Crippen LogP contribution in [0.5, 0.6) is 11.5 Å². The van der Waals surface area contributed by atoms with Crippen LogP contribution in [0.4, 0.5) is 0 Å². The standard InChI is InChI=1S/C21H27Cl2NO2/c1-5-21(3,4)24-13-15-7-10-19(20(11-15)25-6-2)26-14-16-8-9-17(22)12-18(16)23/h7-12,24H,5-6,13-14H2,1-4H3. The molecule has 2 rings (SSSR count). The molecule has 2 aromatic carbocycles. The van der Waals surface area contributed by atoms with Gasteiger partial charge in [0, 0.05) is 27.7 Å². The van der Waals surface area contributed by atoms with E-state index in [-0.39, 0.29) is 5.54 Å². The molecule has 5 heteroatoms. The van der Waals surface area contributed by atoms with E-state index in [4.69, 9.17) is 32.7 Å². The summed E-state index contributed by atoms with van der Waals surface area (Å²) < 4.78 is 11.7. The van der Waals surface area contributed by atoms with Crippen molar-refractivity contribution < 1.29 is 9.47 Å². The van der Waals surface area contributed by atoms with Gasteiger partial charge in [-0.05, 0) is 57.0 Å². The number of hydrogen-bond acceptors (Lipinski definition) is 3. The molecule has 0 heterocycles. The van der Waals surface area contributed by atoms with Crippen molar-refractivity contribution in [2.45, 2.75) is 52.8 Å². The van der Waals surface area contributed by atoms with Crippen LogP contribution in [0.15, 0.2) is 36.4 Å². The van der Waals surface area contributed by atoms with Gasteiger partial charge >= 0.3 is 0 Å². The molecule has 0 atom stereocenters. The second kappa shape index (κ2) is 9.50. The fraction of sp³-hybridized carbons (Fsp3) is 0.429. The summed E-state index contributed by atoms with van der Waals surface area (Å²) in [7, 11) is 0. The van der Waals surface area contributed by atoms with Crippen LogP contribution < -0.4 is 14.8 Å². The summed E-state index contributed by atoms with van der Waals surface area (Å²) >= 11 is 12.2. The number of ether oxygens (including phenoxy) is 2. The summed E-state index contributed by atoms with van der Waals surface area (Å²) in [6, 6.07) is 11.4. The topological polar surface area (TPSA) is 30.5 Å². The molecule has 142 valence electrons. The molecule has 2 aromatic rings. The molecule has 1 N–H and O–H groups in total. The first-order valence-electron chi connectivity index (χ1n) is 8.92. The van der Waals surface area contributed by atoms with Gasteiger partial charge in [-0.3, -0.25) is 0 Å². The predicted octanol–water partition coefficient (Wildman–Crippen LogP) is 6.25. The molecule has 0 aliphatic rings. The Morgan fingerprint density at radius 3 is 2.38 bits per heavy atom. The van der Waals surface area contributed by atoms with Crippen molar-refractivity contribution in [1.82, 2.24) is 5.32 Å². The molecule has 0 radical (unpaired) electrons. The second-order valence-corrected chi connectivity index (χ2v) is 7.67. The lowest BCUT2D eigenvalue weighted by molar-refractivity contribution is 0.269. The van der Waals surface area contributed by atoms with Gasteiger partial charge in [-0.15, -0.1) is 0 Å². The van der Waals surface area contributed by atoms with Crippen molar-refractivity contribution in [1.29, 1.82) is 0 Å². The Bertz CT molecular complexity index is 732. The number of rotatable bonds is 9. The Hall–Kier alpha value is -1.42. The van der Waals surface area contributed by atoms with Crippen LogP contribution in [-0.2, 0) is 13.2 Å². The molecule has 0 aliphatic carbocycles. The second-order valence-electron chi connectivity index (χ2n) is 6.83. The lowest BCUT2D eigenvalue weighted by atomic mass is 10.0. The van der Waals surface area contributed by atoms with E-state index in [0.717, 1.165) is 29.8 Å². The maximum atomic E-state index is 6.22. The fourth-order valence-corrected chi connectivity index (χ4v) is 2.77. The van der Waals surface area contributed by atoms with E-state index in [1.54, 1.807) is 12.1 Å². The average Bonchev–Trinajstić information content (AvgIpc) is 2.61. The normalized spacial score (nSPS) is 11.5. The minimum absolute atomic E-state index is 0.103. The Kier molecular flexibility index (Phi) is 7.63. The van der Waals surface area contributed by atoms with Crippen molar-refractivity contribution in [3.63, 3.8) is 0 Å². The Balaban J connectivity index is 2.10. The molecule has 0 unspecified atom stereocenters. The molecular weight excluding hydrogens is 369 g/mol. The smallest absolute Gasteiger partial charge is 0.161 e. The van der Waals surface area contributed by atoms with Crippen LogP contribution in [0, 0.1) is 0 Å². The lowest BCUT2D eigenvalue weighted by Gasteiger charge is -2.25. The first-order chi connectivity index (χ1) is 12.3. The molecule has 0 fully saturated rings. The van der Waals surface area contributed by atoms with E-state index < -0.39 is 0 Å². The fourth-order valence-electron chi connectivity index (χ4n) is 2.31. The third-order valence-corrected chi connectivity index (χ3v) is 4.95. The van der Waals surface area contributed by atoms with E-state index in [2.05, 4.69) is 32.2 Å². The highest BCUT2D eigenvalue weighted by Crippen LogP contribution is 2.30. The van der Waals surface area contributed by atoms with Crippen molar-refractivity contribution in [3.8, 4) is 11.5 Å². The molecule has 26 heavy (non-hydrogen) atoms. The van der Waals surface area contributed by atoms with Crippen molar-refractivity contribution in [2.24, 2.45) is 0 Å². The predicted molar refractivity (Wildman–Crippen MR) is 110 cm³/mol. The largest absolute Gasteiger partial charge is 0.490 e. The maximum absolute atomic E-state index is 6.22. The van der Waals surface area contributed by atoms with Crippen LogP contribution in [0.3, 0.4) is 0 Å². The third kappa shape index (κ3) is 6.08. The molecular formula is C21H27Cl2NO2. The van der Waals surface area contributed by atoms with E-state index in [1.165, 1.54) is 0 Å². The van der Waals surface area contributed by atoms with Gasteiger partial charge in [0.25, 0.3) is 0 Å². The zero-order valence-corrected chi connectivity index (χ0v) is 17.4. The number of nitrogens with one attached hydrogen (secondary N) is 1. The highest BCUT2D eigenvalue weighted by Gasteiger charge is 2.14. The molecule has 0 spiro atoms. The maximum Gasteiger partial charge on any atom is 0.161 e. The highest BCUT2D eigenvalue weighted by atomic mass is 35.5. The minimum Gasteiger partial charge on any atom is -0.490 e. The van der Waals surface area contributed by atoms with Crippen LogP contribution >= 0.6 is 23.2 Å². The molecule has 0 aliphatic heterocycles. The molecule has 0 saturated carbocycles. The first kappa shape index (κ1) is 20.9. The molecule has 0 aromatic heterocycles.